The first-order valence-electron chi connectivity index (χ1n) is 8.89. The van der Waals surface area contributed by atoms with E-state index in [0.717, 1.165) is 48.8 Å². The molecule has 2 amide bonds. The van der Waals surface area contributed by atoms with Gasteiger partial charge in [-0.1, -0.05) is 18.2 Å². The fraction of sp³-hybridized carbons (Fsp3) is 0.421. The number of para-hydroxylation sites is 2. The minimum absolute atomic E-state index is 0.175. The van der Waals surface area contributed by atoms with Crippen LogP contribution in [0.5, 0.6) is 0 Å². The van der Waals surface area contributed by atoms with Crippen molar-refractivity contribution in [1.82, 2.24) is 5.32 Å². The van der Waals surface area contributed by atoms with Gasteiger partial charge in [0, 0.05) is 36.0 Å². The molecular formula is C19H25N3O2S2. The fourth-order valence-corrected chi connectivity index (χ4v) is 4.63. The smallest absolute Gasteiger partial charge is 0.319 e. The van der Waals surface area contributed by atoms with Crippen molar-refractivity contribution in [3.05, 3.63) is 46.7 Å². The summed E-state index contributed by atoms with van der Waals surface area (Å²) in [6.45, 7) is 2.25. The Morgan fingerprint density at radius 2 is 2.04 bits per heavy atom. The van der Waals surface area contributed by atoms with Gasteiger partial charge < -0.3 is 20.6 Å². The molecule has 0 aliphatic carbocycles. The molecule has 1 aliphatic heterocycles. The van der Waals surface area contributed by atoms with Gasteiger partial charge in [-0.3, -0.25) is 0 Å². The number of amides is 2. The largest absolute Gasteiger partial charge is 0.393 e. The number of aliphatic hydroxyl groups is 1. The van der Waals surface area contributed by atoms with E-state index < -0.39 is 0 Å². The fourth-order valence-electron chi connectivity index (χ4n) is 2.93. The summed E-state index contributed by atoms with van der Waals surface area (Å²) in [7, 11) is 0. The Labute approximate surface area is 162 Å². The second kappa shape index (κ2) is 9.85. The van der Waals surface area contributed by atoms with Gasteiger partial charge >= 0.3 is 6.03 Å². The Kier molecular flexibility index (Phi) is 7.22. The normalized spacial score (nSPS) is 15.0. The standard InChI is InChI=1S/C19H25N3O2S2/c23-15-7-10-22(11-8-15)18-6-2-1-5-17(18)21-19(24)20-9-13-25-14-16-4-3-12-26-16/h1-6,12,15,23H,7-11,13-14H2,(H2,20,21,24). The number of anilines is 2. The number of aliphatic hydroxyl groups excluding tert-OH is 1. The average molecular weight is 392 g/mol. The first kappa shape index (κ1) is 19.1. The van der Waals surface area contributed by atoms with E-state index in [9.17, 15) is 9.90 Å². The molecule has 2 aromatic rings. The molecule has 7 heteroatoms. The number of benzene rings is 1. The second-order valence-corrected chi connectivity index (χ2v) is 8.39. The van der Waals surface area contributed by atoms with Gasteiger partial charge in [0.05, 0.1) is 17.5 Å². The molecule has 0 spiro atoms. The van der Waals surface area contributed by atoms with Gasteiger partial charge in [-0.25, -0.2) is 4.79 Å². The molecular weight excluding hydrogens is 366 g/mol. The number of hydrogen-bond donors (Lipinski definition) is 3. The molecule has 5 nitrogen and oxygen atoms in total. The predicted octanol–water partition coefficient (Wildman–Crippen LogP) is 3.76. The Balaban J connectivity index is 1.43. The molecule has 0 radical (unpaired) electrons. The molecule has 0 unspecified atom stereocenters. The molecule has 0 atom stereocenters. The summed E-state index contributed by atoms with van der Waals surface area (Å²) in [4.78, 5) is 15.8. The number of thioether (sulfide) groups is 1. The first-order chi connectivity index (χ1) is 12.7. The average Bonchev–Trinajstić information content (AvgIpc) is 3.16. The topological polar surface area (TPSA) is 64.6 Å². The highest BCUT2D eigenvalue weighted by Crippen LogP contribution is 2.28. The van der Waals surface area contributed by atoms with Crippen molar-refractivity contribution in [3.8, 4) is 0 Å². The highest BCUT2D eigenvalue weighted by Gasteiger charge is 2.19. The van der Waals surface area contributed by atoms with Crippen molar-refractivity contribution in [2.24, 2.45) is 0 Å². The number of nitrogens with one attached hydrogen (secondary N) is 2. The third kappa shape index (κ3) is 5.65. The number of hydrogen-bond acceptors (Lipinski definition) is 5. The lowest BCUT2D eigenvalue weighted by Gasteiger charge is -2.32. The van der Waals surface area contributed by atoms with Crippen LogP contribution < -0.4 is 15.5 Å². The SMILES string of the molecule is O=C(NCCSCc1cccs1)Nc1ccccc1N1CCC(O)CC1. The van der Waals surface area contributed by atoms with E-state index in [-0.39, 0.29) is 12.1 Å². The zero-order valence-corrected chi connectivity index (χ0v) is 16.3. The van der Waals surface area contributed by atoms with Gasteiger partial charge in [0.15, 0.2) is 0 Å². The molecule has 1 fully saturated rings. The molecule has 3 rings (SSSR count). The number of thiophene rings is 1. The van der Waals surface area contributed by atoms with E-state index in [1.54, 1.807) is 11.3 Å². The number of carbonyl (C=O) groups excluding carboxylic acids is 1. The molecule has 0 saturated carbocycles. The van der Waals surface area contributed by atoms with E-state index in [0.29, 0.717) is 6.54 Å². The maximum absolute atomic E-state index is 12.2. The van der Waals surface area contributed by atoms with Crippen molar-refractivity contribution >= 4 is 40.5 Å². The van der Waals surface area contributed by atoms with Crippen LogP contribution in [0.15, 0.2) is 41.8 Å². The van der Waals surface area contributed by atoms with Crippen LogP contribution in [0.1, 0.15) is 17.7 Å². The summed E-state index contributed by atoms with van der Waals surface area (Å²) < 4.78 is 0. The molecule has 3 N–H and O–H groups in total. The van der Waals surface area contributed by atoms with Gasteiger partial charge in [0.2, 0.25) is 0 Å². The lowest BCUT2D eigenvalue weighted by Crippen LogP contribution is -2.37. The monoisotopic (exact) mass is 391 g/mol. The molecule has 26 heavy (non-hydrogen) atoms. The highest BCUT2D eigenvalue weighted by atomic mass is 32.2. The van der Waals surface area contributed by atoms with Crippen LogP contribution in [-0.2, 0) is 5.75 Å². The number of rotatable bonds is 7. The summed E-state index contributed by atoms with van der Waals surface area (Å²) in [5.41, 5.74) is 1.83. The summed E-state index contributed by atoms with van der Waals surface area (Å²) >= 11 is 3.58. The third-order valence-corrected chi connectivity index (χ3v) is 6.38. The molecule has 1 aliphatic rings. The van der Waals surface area contributed by atoms with Crippen molar-refractivity contribution in [3.63, 3.8) is 0 Å². The highest BCUT2D eigenvalue weighted by molar-refractivity contribution is 7.98. The Morgan fingerprint density at radius 3 is 2.81 bits per heavy atom. The van der Waals surface area contributed by atoms with Crippen LogP contribution in [0.4, 0.5) is 16.2 Å². The second-order valence-electron chi connectivity index (χ2n) is 6.25. The summed E-state index contributed by atoms with van der Waals surface area (Å²) in [5.74, 6) is 1.88. The van der Waals surface area contributed by atoms with E-state index in [1.807, 2.05) is 36.0 Å². The van der Waals surface area contributed by atoms with Gasteiger partial charge in [0.1, 0.15) is 0 Å². The lowest BCUT2D eigenvalue weighted by atomic mass is 10.1. The van der Waals surface area contributed by atoms with Gasteiger partial charge in [-0.15, -0.1) is 11.3 Å². The number of carbonyl (C=O) groups is 1. The maximum atomic E-state index is 12.2. The summed E-state index contributed by atoms with van der Waals surface area (Å²) in [6, 6.07) is 11.9. The van der Waals surface area contributed by atoms with Crippen molar-refractivity contribution in [1.29, 1.82) is 0 Å². The number of nitrogens with zero attached hydrogens (tertiary/aromatic N) is 1. The van der Waals surface area contributed by atoms with Crippen LogP contribution in [0.2, 0.25) is 0 Å². The van der Waals surface area contributed by atoms with Gasteiger partial charge in [-0.05, 0) is 36.4 Å². The van der Waals surface area contributed by atoms with Crippen molar-refractivity contribution in [2.75, 3.05) is 35.6 Å². The Morgan fingerprint density at radius 1 is 1.23 bits per heavy atom. The molecule has 0 bridgehead atoms. The van der Waals surface area contributed by atoms with Crippen LogP contribution in [0.25, 0.3) is 0 Å². The molecule has 1 aromatic heterocycles. The van der Waals surface area contributed by atoms with Crippen LogP contribution in [0.3, 0.4) is 0 Å². The first-order valence-corrected chi connectivity index (χ1v) is 10.9. The van der Waals surface area contributed by atoms with Gasteiger partial charge in [-0.2, -0.15) is 11.8 Å². The van der Waals surface area contributed by atoms with Gasteiger partial charge in [0.25, 0.3) is 0 Å². The third-order valence-electron chi connectivity index (χ3n) is 4.31. The van der Waals surface area contributed by atoms with E-state index >= 15 is 0 Å². The predicted molar refractivity (Wildman–Crippen MR) is 111 cm³/mol. The quantitative estimate of drug-likeness (QED) is 0.629. The van der Waals surface area contributed by atoms with Crippen molar-refractivity contribution in [2.45, 2.75) is 24.7 Å². The number of urea groups is 1. The lowest BCUT2D eigenvalue weighted by molar-refractivity contribution is 0.145. The molecule has 2 heterocycles. The molecule has 1 saturated heterocycles. The maximum Gasteiger partial charge on any atom is 0.319 e. The van der Waals surface area contributed by atoms with Crippen molar-refractivity contribution < 1.29 is 9.90 Å². The van der Waals surface area contributed by atoms with E-state index in [2.05, 4.69) is 33.0 Å². The van der Waals surface area contributed by atoms with Crippen LogP contribution >= 0.6 is 23.1 Å². The molecule has 1 aromatic carbocycles. The van der Waals surface area contributed by atoms with E-state index in [1.165, 1.54) is 4.88 Å². The number of piperidine rings is 1. The summed E-state index contributed by atoms with van der Waals surface area (Å²) in [5, 5.41) is 17.7. The summed E-state index contributed by atoms with van der Waals surface area (Å²) in [6.07, 6.45) is 1.32. The van der Waals surface area contributed by atoms with E-state index in [4.69, 9.17) is 0 Å². The van der Waals surface area contributed by atoms with Crippen LogP contribution in [0, 0.1) is 0 Å². The minimum atomic E-state index is -0.207. The van der Waals surface area contributed by atoms with Crippen LogP contribution in [-0.4, -0.2) is 42.6 Å². The zero-order valence-electron chi connectivity index (χ0n) is 14.7. The molecule has 140 valence electrons. The Bertz CT molecular complexity index is 686. The Hall–Kier alpha value is -1.70. The zero-order chi connectivity index (χ0) is 18.2. The minimum Gasteiger partial charge on any atom is -0.393 e.